The van der Waals surface area contributed by atoms with Gasteiger partial charge in [0.05, 0.1) is 19.4 Å². The van der Waals surface area contributed by atoms with Crippen LogP contribution in [0.1, 0.15) is 31.2 Å². The summed E-state index contributed by atoms with van der Waals surface area (Å²) in [6, 6.07) is 7.06. The van der Waals surface area contributed by atoms with E-state index in [-0.39, 0.29) is 18.7 Å². The van der Waals surface area contributed by atoms with Crippen LogP contribution in [0, 0.1) is 0 Å². The van der Waals surface area contributed by atoms with Gasteiger partial charge in [0.15, 0.2) is 0 Å². The van der Waals surface area contributed by atoms with Crippen LogP contribution in [-0.2, 0) is 19.1 Å². The van der Waals surface area contributed by atoms with Crippen LogP contribution in [0.25, 0.3) is 0 Å². The summed E-state index contributed by atoms with van der Waals surface area (Å²) in [5.74, 6) is -2.03. The summed E-state index contributed by atoms with van der Waals surface area (Å²) >= 11 is 3.32. The minimum atomic E-state index is -0.743. The topological polar surface area (TPSA) is 84.5 Å². The molecule has 0 heterocycles. The molecule has 1 atom stereocenters. The lowest BCUT2D eigenvalue weighted by Crippen LogP contribution is -2.44. The van der Waals surface area contributed by atoms with Gasteiger partial charge in [0, 0.05) is 10.9 Å². The van der Waals surface area contributed by atoms with Crippen LogP contribution in [-0.4, -0.2) is 24.9 Å². The Hall–Kier alpha value is -1.89. The third-order valence-corrected chi connectivity index (χ3v) is 3.31. The Bertz CT molecular complexity index is 533. The Morgan fingerprint density at radius 2 is 2.00 bits per heavy atom. The highest BCUT2D eigenvalue weighted by atomic mass is 79.9. The van der Waals surface area contributed by atoms with E-state index in [1.807, 2.05) is 6.07 Å². The van der Waals surface area contributed by atoms with Gasteiger partial charge in [-0.15, -0.1) is 0 Å². The van der Waals surface area contributed by atoms with Gasteiger partial charge in [0.25, 0.3) is 0 Å². The first-order chi connectivity index (χ1) is 9.97. The molecule has 0 saturated carbocycles. The van der Waals surface area contributed by atoms with Crippen molar-refractivity contribution >= 4 is 33.7 Å². The lowest BCUT2D eigenvalue weighted by atomic mass is 9.95. The van der Waals surface area contributed by atoms with Crippen molar-refractivity contribution in [1.29, 1.82) is 0 Å². The molecule has 0 saturated heterocycles. The summed E-state index contributed by atoms with van der Waals surface area (Å²) in [4.78, 5) is 34.8. The van der Waals surface area contributed by atoms with Crippen LogP contribution in [0.3, 0.4) is 0 Å². The molecule has 6 nitrogen and oxygen atoms in total. The average molecular weight is 357 g/mol. The van der Waals surface area contributed by atoms with Gasteiger partial charge in [-0.05, 0) is 17.7 Å². The molecule has 7 heteroatoms. The van der Waals surface area contributed by atoms with Crippen molar-refractivity contribution in [1.82, 2.24) is 10.9 Å². The summed E-state index contributed by atoms with van der Waals surface area (Å²) in [5, 5.41) is 0. The number of amides is 2. The van der Waals surface area contributed by atoms with Crippen LogP contribution in [0.5, 0.6) is 0 Å². The lowest BCUT2D eigenvalue weighted by Gasteiger charge is -2.16. The Labute approximate surface area is 131 Å². The predicted molar refractivity (Wildman–Crippen MR) is 80.1 cm³/mol. The zero-order chi connectivity index (χ0) is 15.8. The largest absolute Gasteiger partial charge is 0.469 e. The summed E-state index contributed by atoms with van der Waals surface area (Å²) in [6.45, 7) is 1.67. The van der Waals surface area contributed by atoms with Gasteiger partial charge in [-0.3, -0.25) is 25.2 Å². The zero-order valence-corrected chi connectivity index (χ0v) is 13.4. The molecule has 0 aliphatic rings. The molecule has 0 aliphatic heterocycles. The number of esters is 1. The number of hydrogen-bond acceptors (Lipinski definition) is 4. The Morgan fingerprint density at radius 1 is 1.29 bits per heavy atom. The zero-order valence-electron chi connectivity index (χ0n) is 11.8. The third-order valence-electron chi connectivity index (χ3n) is 2.81. The standard InChI is InChI=1S/C14H17BrN2O4/c1-3-12(18)16-17-14(20)11(8-13(19)21-2)9-5-4-6-10(15)7-9/h4-7,11H,3,8H2,1-2H3,(H,16,18)(H,17,20). The quantitative estimate of drug-likeness (QED) is 0.620. The first-order valence-electron chi connectivity index (χ1n) is 6.38. The second-order valence-electron chi connectivity index (χ2n) is 4.28. The number of methoxy groups -OCH3 is 1. The number of carbonyl (C=O) groups excluding carboxylic acids is 3. The maximum atomic E-state index is 12.2. The number of rotatable bonds is 5. The van der Waals surface area contributed by atoms with E-state index in [0.29, 0.717) is 5.56 Å². The van der Waals surface area contributed by atoms with Crippen molar-refractivity contribution in [2.75, 3.05) is 7.11 Å². The van der Waals surface area contributed by atoms with Crippen LogP contribution in [0.4, 0.5) is 0 Å². The van der Waals surface area contributed by atoms with Crippen LogP contribution < -0.4 is 10.9 Å². The molecule has 1 aromatic carbocycles. The van der Waals surface area contributed by atoms with E-state index in [0.717, 1.165) is 4.47 Å². The maximum Gasteiger partial charge on any atom is 0.306 e. The van der Waals surface area contributed by atoms with E-state index in [9.17, 15) is 14.4 Å². The highest BCUT2D eigenvalue weighted by Gasteiger charge is 2.24. The maximum absolute atomic E-state index is 12.2. The number of hydrazine groups is 1. The van der Waals surface area contributed by atoms with Crippen LogP contribution in [0.2, 0.25) is 0 Å². The summed E-state index contributed by atoms with van der Waals surface area (Å²) < 4.78 is 5.40. The van der Waals surface area contributed by atoms with E-state index in [2.05, 4.69) is 31.5 Å². The lowest BCUT2D eigenvalue weighted by molar-refractivity contribution is -0.143. The predicted octanol–water partition coefficient (Wildman–Crippen LogP) is 1.65. The average Bonchev–Trinajstić information content (AvgIpc) is 2.49. The van der Waals surface area contributed by atoms with Crippen molar-refractivity contribution in [2.24, 2.45) is 0 Å². The fourth-order valence-corrected chi connectivity index (χ4v) is 2.06. The molecular weight excluding hydrogens is 340 g/mol. The molecule has 21 heavy (non-hydrogen) atoms. The Morgan fingerprint density at radius 3 is 2.57 bits per heavy atom. The molecule has 0 aliphatic carbocycles. The second kappa shape index (κ2) is 8.41. The molecule has 0 spiro atoms. The van der Waals surface area contributed by atoms with E-state index in [1.165, 1.54) is 7.11 Å². The monoisotopic (exact) mass is 356 g/mol. The van der Waals surface area contributed by atoms with Gasteiger partial charge in [0.2, 0.25) is 11.8 Å². The van der Waals surface area contributed by atoms with E-state index in [1.54, 1.807) is 25.1 Å². The fraction of sp³-hybridized carbons (Fsp3) is 0.357. The van der Waals surface area contributed by atoms with Crippen molar-refractivity contribution in [3.63, 3.8) is 0 Å². The van der Waals surface area contributed by atoms with Crippen LogP contribution >= 0.6 is 15.9 Å². The first-order valence-corrected chi connectivity index (χ1v) is 7.18. The number of ether oxygens (including phenoxy) is 1. The molecule has 114 valence electrons. The molecule has 0 radical (unpaired) electrons. The number of hydrogen-bond donors (Lipinski definition) is 2. The van der Waals surface area contributed by atoms with E-state index in [4.69, 9.17) is 0 Å². The third kappa shape index (κ3) is 5.55. The van der Waals surface area contributed by atoms with E-state index < -0.39 is 17.8 Å². The van der Waals surface area contributed by atoms with Gasteiger partial charge in [-0.25, -0.2) is 0 Å². The normalized spacial score (nSPS) is 11.4. The highest BCUT2D eigenvalue weighted by Crippen LogP contribution is 2.23. The summed E-state index contributed by atoms with van der Waals surface area (Å²) in [6.07, 6.45) is 0.139. The van der Waals surface area contributed by atoms with Crippen molar-refractivity contribution in [3.05, 3.63) is 34.3 Å². The van der Waals surface area contributed by atoms with Gasteiger partial charge < -0.3 is 4.74 Å². The number of carbonyl (C=O) groups is 3. The second-order valence-corrected chi connectivity index (χ2v) is 5.19. The minimum Gasteiger partial charge on any atom is -0.469 e. The molecule has 2 amide bonds. The van der Waals surface area contributed by atoms with E-state index >= 15 is 0 Å². The van der Waals surface area contributed by atoms with Crippen molar-refractivity contribution in [2.45, 2.75) is 25.7 Å². The van der Waals surface area contributed by atoms with Crippen LogP contribution in [0.15, 0.2) is 28.7 Å². The molecule has 1 aromatic rings. The van der Waals surface area contributed by atoms with Gasteiger partial charge >= 0.3 is 5.97 Å². The molecule has 0 aromatic heterocycles. The molecule has 1 rings (SSSR count). The number of halogens is 1. The van der Waals surface area contributed by atoms with Crippen molar-refractivity contribution < 1.29 is 19.1 Å². The highest BCUT2D eigenvalue weighted by molar-refractivity contribution is 9.10. The molecule has 1 unspecified atom stereocenters. The van der Waals surface area contributed by atoms with Gasteiger partial charge in [-0.1, -0.05) is 35.0 Å². The van der Waals surface area contributed by atoms with Gasteiger partial charge in [0.1, 0.15) is 0 Å². The number of benzene rings is 1. The summed E-state index contributed by atoms with van der Waals surface area (Å²) in [5.41, 5.74) is 5.26. The number of nitrogens with one attached hydrogen (secondary N) is 2. The minimum absolute atomic E-state index is 0.110. The fourth-order valence-electron chi connectivity index (χ4n) is 1.64. The Kier molecular flexibility index (Phi) is 6.87. The molecule has 0 bridgehead atoms. The molecular formula is C14H17BrN2O4. The molecule has 0 fully saturated rings. The first kappa shape index (κ1) is 17.2. The SMILES string of the molecule is CCC(=O)NNC(=O)C(CC(=O)OC)c1cccc(Br)c1. The Balaban J connectivity index is 2.88. The smallest absolute Gasteiger partial charge is 0.306 e. The van der Waals surface area contributed by atoms with Crippen molar-refractivity contribution in [3.8, 4) is 0 Å². The summed E-state index contributed by atoms with van der Waals surface area (Å²) in [7, 11) is 1.26. The van der Waals surface area contributed by atoms with Gasteiger partial charge in [-0.2, -0.15) is 0 Å². The molecule has 2 N–H and O–H groups in total.